The van der Waals surface area contributed by atoms with Crippen molar-refractivity contribution in [1.29, 1.82) is 0 Å². The van der Waals surface area contributed by atoms with Crippen molar-refractivity contribution in [1.82, 2.24) is 5.32 Å². The summed E-state index contributed by atoms with van der Waals surface area (Å²) in [5, 5.41) is 3.78. The highest BCUT2D eigenvalue weighted by Gasteiger charge is 2.22. The SMILES string of the molecule is CCCCC(CC)C(NCC)c1cc(CC)ccc1CC. The minimum Gasteiger partial charge on any atom is -0.310 e. The zero-order valence-electron chi connectivity index (χ0n) is 14.8. The van der Waals surface area contributed by atoms with Gasteiger partial charge in [-0.25, -0.2) is 0 Å². The van der Waals surface area contributed by atoms with Gasteiger partial charge >= 0.3 is 0 Å². The largest absolute Gasteiger partial charge is 0.310 e. The fourth-order valence-electron chi connectivity index (χ4n) is 3.30. The van der Waals surface area contributed by atoms with Crippen LogP contribution in [0.3, 0.4) is 0 Å². The molecule has 0 saturated carbocycles. The van der Waals surface area contributed by atoms with Crippen molar-refractivity contribution in [2.24, 2.45) is 5.92 Å². The van der Waals surface area contributed by atoms with Gasteiger partial charge in [0.05, 0.1) is 0 Å². The van der Waals surface area contributed by atoms with E-state index in [1.165, 1.54) is 36.8 Å². The number of aryl methyl sites for hydroxylation is 2. The third kappa shape index (κ3) is 5.14. The van der Waals surface area contributed by atoms with E-state index in [4.69, 9.17) is 0 Å². The summed E-state index contributed by atoms with van der Waals surface area (Å²) in [6, 6.07) is 7.64. The first-order chi connectivity index (χ1) is 10.2. The Morgan fingerprint density at radius 1 is 1.00 bits per heavy atom. The predicted octanol–water partition coefficient (Wildman–Crippen LogP) is 5.68. The Labute approximate surface area is 132 Å². The number of rotatable bonds is 10. The summed E-state index contributed by atoms with van der Waals surface area (Å²) in [4.78, 5) is 0. The molecule has 1 heteroatoms. The van der Waals surface area contributed by atoms with Crippen LogP contribution in [0.15, 0.2) is 18.2 Å². The smallest absolute Gasteiger partial charge is 0.0351 e. The van der Waals surface area contributed by atoms with Gasteiger partial charge < -0.3 is 5.32 Å². The number of hydrogen-bond acceptors (Lipinski definition) is 1. The lowest BCUT2D eigenvalue weighted by Crippen LogP contribution is -2.29. The Hall–Kier alpha value is -0.820. The van der Waals surface area contributed by atoms with Crippen LogP contribution in [0.5, 0.6) is 0 Å². The van der Waals surface area contributed by atoms with Gasteiger partial charge in [-0.3, -0.25) is 0 Å². The van der Waals surface area contributed by atoms with Crippen molar-refractivity contribution >= 4 is 0 Å². The lowest BCUT2D eigenvalue weighted by molar-refractivity contribution is 0.326. The van der Waals surface area contributed by atoms with E-state index < -0.39 is 0 Å². The zero-order valence-corrected chi connectivity index (χ0v) is 14.8. The standard InChI is InChI=1S/C20H35N/c1-6-11-12-18(9-4)20(21-10-5)19-15-16(7-2)13-14-17(19)8-3/h13-15,18,20-21H,6-12H2,1-5H3. The van der Waals surface area contributed by atoms with Crippen molar-refractivity contribution in [2.75, 3.05) is 6.54 Å². The van der Waals surface area contributed by atoms with E-state index in [9.17, 15) is 0 Å². The molecule has 0 aliphatic heterocycles. The van der Waals surface area contributed by atoms with Crippen molar-refractivity contribution in [3.05, 3.63) is 34.9 Å². The predicted molar refractivity (Wildman–Crippen MR) is 94.9 cm³/mol. The van der Waals surface area contributed by atoms with Gasteiger partial charge in [0.1, 0.15) is 0 Å². The second-order valence-corrected chi connectivity index (χ2v) is 6.09. The maximum atomic E-state index is 3.78. The monoisotopic (exact) mass is 289 g/mol. The summed E-state index contributed by atoms with van der Waals surface area (Å²) in [5.41, 5.74) is 4.55. The second kappa shape index (κ2) is 10.00. The molecular formula is C20H35N. The van der Waals surface area contributed by atoms with Crippen LogP contribution in [0.2, 0.25) is 0 Å². The number of hydrogen-bond donors (Lipinski definition) is 1. The molecule has 0 saturated heterocycles. The van der Waals surface area contributed by atoms with Crippen LogP contribution in [0.4, 0.5) is 0 Å². The Bertz CT molecular complexity index is 397. The Morgan fingerprint density at radius 3 is 2.29 bits per heavy atom. The normalized spacial score (nSPS) is 14.1. The van der Waals surface area contributed by atoms with Gasteiger partial charge in [-0.15, -0.1) is 0 Å². The van der Waals surface area contributed by atoms with Gasteiger partial charge in [0.25, 0.3) is 0 Å². The van der Waals surface area contributed by atoms with Crippen LogP contribution < -0.4 is 5.32 Å². The van der Waals surface area contributed by atoms with E-state index in [1.54, 1.807) is 5.56 Å². The van der Waals surface area contributed by atoms with E-state index in [0.717, 1.165) is 25.3 Å². The summed E-state index contributed by atoms with van der Waals surface area (Å²) in [7, 11) is 0. The van der Waals surface area contributed by atoms with E-state index in [0.29, 0.717) is 6.04 Å². The molecule has 1 N–H and O–H groups in total. The zero-order chi connectivity index (χ0) is 15.7. The van der Waals surface area contributed by atoms with Crippen LogP contribution in [0.1, 0.15) is 83.0 Å². The van der Waals surface area contributed by atoms with Crippen molar-refractivity contribution < 1.29 is 0 Å². The fourth-order valence-corrected chi connectivity index (χ4v) is 3.30. The molecule has 0 aromatic heterocycles. The molecule has 0 radical (unpaired) electrons. The minimum absolute atomic E-state index is 0.521. The van der Waals surface area contributed by atoms with Crippen LogP contribution >= 0.6 is 0 Å². The molecule has 2 atom stereocenters. The lowest BCUT2D eigenvalue weighted by Gasteiger charge is -2.30. The van der Waals surface area contributed by atoms with Gasteiger partial charge in [-0.2, -0.15) is 0 Å². The molecule has 1 rings (SSSR count). The van der Waals surface area contributed by atoms with Gasteiger partial charge in [0, 0.05) is 6.04 Å². The molecule has 0 amide bonds. The third-order valence-corrected chi connectivity index (χ3v) is 4.68. The molecule has 0 bridgehead atoms. The van der Waals surface area contributed by atoms with Gasteiger partial charge in [0.15, 0.2) is 0 Å². The summed E-state index contributed by atoms with van der Waals surface area (Å²) in [6.07, 6.45) is 7.49. The average molecular weight is 290 g/mol. The van der Waals surface area contributed by atoms with Gasteiger partial charge in [-0.05, 0) is 48.4 Å². The summed E-state index contributed by atoms with van der Waals surface area (Å²) < 4.78 is 0. The maximum Gasteiger partial charge on any atom is 0.0351 e. The number of unbranched alkanes of at least 4 members (excludes halogenated alkanes) is 1. The highest BCUT2D eigenvalue weighted by molar-refractivity contribution is 5.35. The highest BCUT2D eigenvalue weighted by atomic mass is 14.9. The van der Waals surface area contributed by atoms with Crippen molar-refractivity contribution in [3.8, 4) is 0 Å². The first-order valence-electron chi connectivity index (χ1n) is 9.06. The molecule has 0 fully saturated rings. The van der Waals surface area contributed by atoms with Gasteiger partial charge in [-0.1, -0.05) is 72.1 Å². The Balaban J connectivity index is 3.12. The summed E-state index contributed by atoms with van der Waals surface area (Å²) in [5.74, 6) is 0.752. The van der Waals surface area contributed by atoms with Crippen molar-refractivity contribution in [3.63, 3.8) is 0 Å². The van der Waals surface area contributed by atoms with Crippen LogP contribution in [0.25, 0.3) is 0 Å². The molecule has 2 unspecified atom stereocenters. The summed E-state index contributed by atoms with van der Waals surface area (Å²) in [6.45, 7) is 12.5. The molecule has 120 valence electrons. The molecule has 0 spiro atoms. The van der Waals surface area contributed by atoms with E-state index in [1.807, 2.05) is 0 Å². The molecule has 21 heavy (non-hydrogen) atoms. The second-order valence-electron chi connectivity index (χ2n) is 6.09. The molecule has 0 heterocycles. The van der Waals surface area contributed by atoms with E-state index >= 15 is 0 Å². The quantitative estimate of drug-likeness (QED) is 0.584. The molecule has 0 aliphatic carbocycles. The molecule has 0 aliphatic rings. The minimum atomic E-state index is 0.521. The number of nitrogens with one attached hydrogen (secondary N) is 1. The first kappa shape index (κ1) is 18.2. The molecule has 1 aromatic rings. The first-order valence-corrected chi connectivity index (χ1v) is 9.06. The molecular weight excluding hydrogens is 254 g/mol. The van der Waals surface area contributed by atoms with E-state index in [-0.39, 0.29) is 0 Å². The summed E-state index contributed by atoms with van der Waals surface area (Å²) >= 11 is 0. The molecule has 1 aromatic carbocycles. The van der Waals surface area contributed by atoms with Gasteiger partial charge in [0.2, 0.25) is 0 Å². The third-order valence-electron chi connectivity index (χ3n) is 4.68. The Morgan fingerprint density at radius 2 is 1.76 bits per heavy atom. The van der Waals surface area contributed by atoms with Crippen LogP contribution in [0, 0.1) is 5.92 Å². The van der Waals surface area contributed by atoms with Crippen molar-refractivity contribution in [2.45, 2.75) is 79.2 Å². The highest BCUT2D eigenvalue weighted by Crippen LogP contribution is 2.32. The fraction of sp³-hybridized carbons (Fsp3) is 0.700. The average Bonchev–Trinajstić information content (AvgIpc) is 2.53. The lowest BCUT2D eigenvalue weighted by atomic mass is 9.83. The van der Waals surface area contributed by atoms with E-state index in [2.05, 4.69) is 58.1 Å². The maximum absolute atomic E-state index is 3.78. The van der Waals surface area contributed by atoms with Crippen LogP contribution in [-0.4, -0.2) is 6.54 Å². The molecule has 1 nitrogen and oxygen atoms in total. The number of benzene rings is 1. The Kier molecular flexibility index (Phi) is 8.68. The van der Waals surface area contributed by atoms with Crippen LogP contribution in [-0.2, 0) is 12.8 Å². The topological polar surface area (TPSA) is 12.0 Å².